The monoisotopic (exact) mass is 677 g/mol. The van der Waals surface area contributed by atoms with Crippen LogP contribution in [0.2, 0.25) is 0 Å². The zero-order valence-electron chi connectivity index (χ0n) is 32.3. The summed E-state index contributed by atoms with van der Waals surface area (Å²) in [5.41, 5.74) is 0. The number of hydrogen-bond acceptors (Lipinski definition) is 5. The zero-order chi connectivity index (χ0) is 35.0. The molecule has 5 heteroatoms. The van der Waals surface area contributed by atoms with Crippen LogP contribution in [0.25, 0.3) is 0 Å². The van der Waals surface area contributed by atoms with Gasteiger partial charge < -0.3 is 14.2 Å². The van der Waals surface area contributed by atoms with Crippen molar-refractivity contribution in [2.45, 2.75) is 219 Å². The number of carbonyl (C=O) groups excluding carboxylic acids is 2. The summed E-state index contributed by atoms with van der Waals surface area (Å²) < 4.78 is 17.1. The van der Waals surface area contributed by atoms with Crippen molar-refractivity contribution in [3.63, 3.8) is 0 Å². The Kier molecular flexibility index (Phi) is 38.5. The maximum atomic E-state index is 12.5. The number of unbranched alkanes of at least 4 members (excludes halogenated alkanes) is 23. The van der Waals surface area contributed by atoms with Crippen LogP contribution in [0.15, 0.2) is 24.3 Å². The minimum atomic E-state index is -0.529. The van der Waals surface area contributed by atoms with Crippen LogP contribution >= 0.6 is 0 Å². The van der Waals surface area contributed by atoms with E-state index in [2.05, 4.69) is 45.1 Å². The number of carbonyl (C=O) groups is 2. The van der Waals surface area contributed by atoms with Gasteiger partial charge in [0.05, 0.1) is 6.61 Å². The maximum absolute atomic E-state index is 12.5. The molecule has 0 rings (SSSR count). The van der Waals surface area contributed by atoms with Crippen molar-refractivity contribution in [2.24, 2.45) is 0 Å². The molecule has 0 aliphatic rings. The summed E-state index contributed by atoms with van der Waals surface area (Å²) in [6.45, 7) is 7.73. The Bertz CT molecular complexity index is 731. The first-order valence-corrected chi connectivity index (χ1v) is 20.9. The summed E-state index contributed by atoms with van der Waals surface area (Å²) in [6.07, 6.45) is 43.3. The highest BCUT2D eigenvalue weighted by Gasteiger charge is 2.17. The molecule has 48 heavy (non-hydrogen) atoms. The van der Waals surface area contributed by atoms with Crippen LogP contribution < -0.4 is 0 Å². The third-order valence-corrected chi connectivity index (χ3v) is 8.99. The second-order valence-corrected chi connectivity index (χ2v) is 13.9. The van der Waals surface area contributed by atoms with Crippen LogP contribution in [-0.2, 0) is 23.8 Å². The van der Waals surface area contributed by atoms with Gasteiger partial charge in [-0.3, -0.25) is 9.59 Å². The van der Waals surface area contributed by atoms with Gasteiger partial charge in [0.15, 0.2) is 6.10 Å². The largest absolute Gasteiger partial charge is 0.462 e. The van der Waals surface area contributed by atoms with Gasteiger partial charge in [0.25, 0.3) is 0 Å². The van der Waals surface area contributed by atoms with Gasteiger partial charge in [-0.05, 0) is 51.4 Å². The van der Waals surface area contributed by atoms with Crippen molar-refractivity contribution in [3.8, 4) is 0 Å². The number of ether oxygens (including phenoxy) is 3. The molecule has 0 aromatic carbocycles. The van der Waals surface area contributed by atoms with E-state index in [0.717, 1.165) is 57.8 Å². The van der Waals surface area contributed by atoms with Crippen molar-refractivity contribution in [1.82, 2.24) is 0 Å². The Hall–Kier alpha value is -1.62. The average molecular weight is 677 g/mol. The third kappa shape index (κ3) is 37.2. The van der Waals surface area contributed by atoms with Gasteiger partial charge in [-0.25, -0.2) is 0 Å². The molecule has 0 fully saturated rings. The predicted molar refractivity (Wildman–Crippen MR) is 205 cm³/mol. The van der Waals surface area contributed by atoms with E-state index in [0.29, 0.717) is 19.4 Å². The highest BCUT2D eigenvalue weighted by Crippen LogP contribution is 2.13. The highest BCUT2D eigenvalue weighted by atomic mass is 16.6. The molecule has 0 radical (unpaired) electrons. The molecule has 0 heterocycles. The molecule has 0 amide bonds. The van der Waals surface area contributed by atoms with Crippen LogP contribution in [0.5, 0.6) is 0 Å². The van der Waals surface area contributed by atoms with E-state index in [1.165, 1.54) is 122 Å². The molecular formula is C43H80O5. The molecule has 0 aliphatic heterocycles. The van der Waals surface area contributed by atoms with Gasteiger partial charge >= 0.3 is 11.9 Å². The maximum Gasteiger partial charge on any atom is 0.306 e. The lowest BCUT2D eigenvalue weighted by atomic mass is 10.1. The smallest absolute Gasteiger partial charge is 0.306 e. The first-order valence-electron chi connectivity index (χ1n) is 20.9. The lowest BCUT2D eigenvalue weighted by molar-refractivity contribution is -0.163. The number of allylic oxidation sites excluding steroid dienone is 4. The van der Waals surface area contributed by atoms with Crippen molar-refractivity contribution in [1.29, 1.82) is 0 Å². The molecule has 1 unspecified atom stereocenters. The molecule has 0 saturated carbocycles. The summed E-state index contributed by atoms with van der Waals surface area (Å²) in [4.78, 5) is 24.9. The lowest BCUT2D eigenvalue weighted by Gasteiger charge is -2.18. The Morgan fingerprint density at radius 2 is 0.875 bits per heavy atom. The molecule has 0 saturated heterocycles. The fraction of sp³-hybridized carbons (Fsp3) is 0.860. The van der Waals surface area contributed by atoms with Crippen molar-refractivity contribution in [2.75, 3.05) is 19.8 Å². The van der Waals surface area contributed by atoms with Gasteiger partial charge in [0.1, 0.15) is 6.61 Å². The van der Waals surface area contributed by atoms with Crippen LogP contribution in [0, 0.1) is 0 Å². The molecule has 0 aliphatic carbocycles. The van der Waals surface area contributed by atoms with Gasteiger partial charge in [-0.2, -0.15) is 0 Å². The fourth-order valence-corrected chi connectivity index (χ4v) is 5.83. The summed E-state index contributed by atoms with van der Waals surface area (Å²) in [7, 11) is 0. The quantitative estimate of drug-likeness (QED) is 0.0370. The summed E-state index contributed by atoms with van der Waals surface area (Å²) in [5.74, 6) is -0.419. The normalized spacial score (nSPS) is 12.3. The van der Waals surface area contributed by atoms with E-state index >= 15 is 0 Å². The number of hydrogen-bond donors (Lipinski definition) is 0. The van der Waals surface area contributed by atoms with Crippen LogP contribution in [-0.4, -0.2) is 37.9 Å². The summed E-state index contributed by atoms with van der Waals surface area (Å²) >= 11 is 0. The van der Waals surface area contributed by atoms with E-state index in [1.54, 1.807) is 0 Å². The second-order valence-electron chi connectivity index (χ2n) is 13.9. The summed E-state index contributed by atoms with van der Waals surface area (Å²) in [6, 6.07) is 0. The van der Waals surface area contributed by atoms with Gasteiger partial charge in [-0.1, -0.05) is 173 Å². The predicted octanol–water partition coefficient (Wildman–Crippen LogP) is 13.3. The van der Waals surface area contributed by atoms with Crippen LogP contribution in [0.3, 0.4) is 0 Å². The standard InChI is InChI=1S/C43H80O5/c1-4-7-10-13-15-17-19-21-22-23-24-26-28-31-33-36-42(44)47-40-41(48-43(45)37-34-30-12-9-6-3)39-46-38-35-32-29-27-25-20-18-16-14-11-8-5-2/h15,17,21-22,41H,4-14,16,18-20,23-40H2,1-3H3/b17-15-,22-21-. The Labute approximate surface area is 298 Å². The lowest BCUT2D eigenvalue weighted by Crippen LogP contribution is -2.30. The topological polar surface area (TPSA) is 61.8 Å². The Morgan fingerprint density at radius 1 is 0.458 bits per heavy atom. The zero-order valence-corrected chi connectivity index (χ0v) is 32.3. The molecule has 0 spiro atoms. The van der Waals surface area contributed by atoms with E-state index in [-0.39, 0.29) is 25.2 Å². The molecule has 282 valence electrons. The molecule has 0 bridgehead atoms. The Morgan fingerprint density at radius 3 is 1.42 bits per heavy atom. The first kappa shape index (κ1) is 46.4. The molecule has 1 atom stereocenters. The molecule has 5 nitrogen and oxygen atoms in total. The molecule has 0 aromatic rings. The first-order chi connectivity index (χ1) is 23.6. The fourth-order valence-electron chi connectivity index (χ4n) is 5.83. The molecule has 0 N–H and O–H groups in total. The highest BCUT2D eigenvalue weighted by molar-refractivity contribution is 5.70. The van der Waals surface area contributed by atoms with Gasteiger partial charge in [0.2, 0.25) is 0 Å². The number of esters is 2. The van der Waals surface area contributed by atoms with E-state index in [9.17, 15) is 9.59 Å². The molecule has 0 aromatic heterocycles. The van der Waals surface area contributed by atoms with Gasteiger partial charge in [-0.15, -0.1) is 0 Å². The van der Waals surface area contributed by atoms with Gasteiger partial charge in [0, 0.05) is 19.4 Å². The third-order valence-electron chi connectivity index (χ3n) is 8.99. The van der Waals surface area contributed by atoms with Crippen molar-refractivity contribution < 1.29 is 23.8 Å². The van der Waals surface area contributed by atoms with Crippen molar-refractivity contribution in [3.05, 3.63) is 24.3 Å². The average Bonchev–Trinajstić information content (AvgIpc) is 3.08. The van der Waals surface area contributed by atoms with E-state index in [4.69, 9.17) is 14.2 Å². The van der Waals surface area contributed by atoms with E-state index in [1.807, 2.05) is 0 Å². The van der Waals surface area contributed by atoms with Crippen LogP contribution in [0.4, 0.5) is 0 Å². The summed E-state index contributed by atoms with van der Waals surface area (Å²) in [5, 5.41) is 0. The SMILES string of the molecule is CCCCC/C=C\C/C=C\CCCCCCCC(=O)OCC(COCCCCCCCCCCCCCC)OC(=O)CCCCCCC. The molecular weight excluding hydrogens is 596 g/mol. The minimum Gasteiger partial charge on any atom is -0.462 e. The minimum absolute atomic E-state index is 0.0825. The van der Waals surface area contributed by atoms with Crippen molar-refractivity contribution >= 4 is 11.9 Å². The van der Waals surface area contributed by atoms with Crippen LogP contribution in [0.1, 0.15) is 213 Å². The van der Waals surface area contributed by atoms with E-state index < -0.39 is 6.10 Å². The Balaban J connectivity index is 4.09. The number of rotatable bonds is 38. The second kappa shape index (κ2) is 39.8.